The predicted molar refractivity (Wildman–Crippen MR) is 66.1 cm³/mol. The van der Waals surface area contributed by atoms with Gasteiger partial charge in [0.05, 0.1) is 18.2 Å². The molecule has 0 N–H and O–H groups in total. The van der Waals surface area contributed by atoms with E-state index in [4.69, 9.17) is 15.8 Å². The minimum Gasteiger partial charge on any atom is -0.198 e. The van der Waals surface area contributed by atoms with Crippen molar-refractivity contribution in [3.63, 3.8) is 0 Å². The van der Waals surface area contributed by atoms with Crippen LogP contribution in [0.15, 0.2) is 0 Å². The monoisotopic (exact) mass is 235 g/mol. The topological polar surface area (TPSA) is 71.4 Å². The Bertz CT molecular complexity index is 235. The quantitative estimate of drug-likeness (QED) is 0.454. The van der Waals surface area contributed by atoms with Gasteiger partial charge >= 0.3 is 0 Å². The summed E-state index contributed by atoms with van der Waals surface area (Å²) in [6, 6.07) is 6.49. The van der Waals surface area contributed by atoms with Crippen LogP contribution in [0, 0.1) is 34.0 Å². The molecule has 0 rings (SSSR count). The first kappa shape index (κ1) is 14.9. The first-order valence-electron chi connectivity index (χ1n) is 5.68. The molecule has 0 aliphatic rings. The third-order valence-electron chi connectivity index (χ3n) is 2.29. The van der Waals surface area contributed by atoms with Gasteiger partial charge in [0.25, 0.3) is 0 Å². The third-order valence-corrected chi connectivity index (χ3v) is 5.13. The van der Waals surface area contributed by atoms with Crippen LogP contribution in [0.3, 0.4) is 0 Å². The molecule has 0 saturated carbocycles. The summed E-state index contributed by atoms with van der Waals surface area (Å²) in [6.07, 6.45) is 8.20. The van der Waals surface area contributed by atoms with E-state index < -0.39 is 0 Å². The zero-order chi connectivity index (χ0) is 12.1. The highest BCUT2D eigenvalue weighted by Crippen LogP contribution is 2.38. The van der Waals surface area contributed by atoms with Crippen molar-refractivity contribution in [2.24, 2.45) is 0 Å². The normalized spacial score (nSPS) is 9.38. The van der Waals surface area contributed by atoms with Crippen molar-refractivity contribution in [1.82, 2.24) is 0 Å². The molecule has 0 aromatic heterocycles. The van der Waals surface area contributed by atoms with E-state index in [9.17, 15) is 0 Å². The second kappa shape index (κ2) is 12.0. The highest BCUT2D eigenvalue weighted by molar-refractivity contribution is 7.57. The Kier molecular flexibility index (Phi) is 11.1. The van der Waals surface area contributed by atoms with Crippen molar-refractivity contribution in [2.75, 3.05) is 18.5 Å². The molecule has 0 aliphatic heterocycles. The molecular formula is C12H18N3P. The molecule has 16 heavy (non-hydrogen) atoms. The fraction of sp³-hybridized carbons (Fsp3) is 0.750. The number of nitrogens with zero attached hydrogens (tertiary/aromatic N) is 3. The maximum atomic E-state index is 8.48. The Morgan fingerprint density at radius 2 is 0.938 bits per heavy atom. The first-order chi connectivity index (χ1) is 7.85. The molecule has 4 heteroatoms. The number of nitriles is 3. The molecule has 0 saturated heterocycles. The number of rotatable bonds is 9. The lowest BCUT2D eigenvalue weighted by Crippen LogP contribution is -1.96. The van der Waals surface area contributed by atoms with E-state index >= 15 is 0 Å². The third kappa shape index (κ3) is 9.45. The van der Waals surface area contributed by atoms with Gasteiger partial charge in [-0.25, -0.2) is 0 Å². The van der Waals surface area contributed by atoms with Crippen molar-refractivity contribution >= 4 is 7.92 Å². The van der Waals surface area contributed by atoms with E-state index in [1.807, 2.05) is 0 Å². The Labute approximate surface area is 99.4 Å². The van der Waals surface area contributed by atoms with Crippen LogP contribution in [0.4, 0.5) is 0 Å². The average Bonchev–Trinajstić information content (AvgIpc) is 2.29. The molecule has 0 fully saturated rings. The van der Waals surface area contributed by atoms with Crippen LogP contribution in [-0.2, 0) is 0 Å². The van der Waals surface area contributed by atoms with Crippen LogP contribution in [0.5, 0.6) is 0 Å². The molecule has 3 nitrogen and oxygen atoms in total. The Balaban J connectivity index is 3.73. The molecule has 0 aromatic rings. The smallest absolute Gasteiger partial charge is 0.0621 e. The van der Waals surface area contributed by atoms with Gasteiger partial charge in [0.1, 0.15) is 0 Å². The van der Waals surface area contributed by atoms with E-state index in [1.54, 1.807) is 0 Å². The summed E-state index contributed by atoms with van der Waals surface area (Å²) < 4.78 is 0. The lowest BCUT2D eigenvalue weighted by molar-refractivity contribution is 0.918. The molecule has 0 radical (unpaired) electrons. The molecule has 0 atom stereocenters. The van der Waals surface area contributed by atoms with Crippen LogP contribution in [-0.4, -0.2) is 18.5 Å². The molecule has 0 heterocycles. The largest absolute Gasteiger partial charge is 0.198 e. The standard InChI is InChI=1S/C12H18N3P/c13-7-1-4-10-16(11-5-2-8-14)12-6-3-9-15/h1-6,10-12H2. The first-order valence-corrected chi connectivity index (χ1v) is 7.58. The maximum absolute atomic E-state index is 8.48. The van der Waals surface area contributed by atoms with Gasteiger partial charge in [-0.15, -0.1) is 7.92 Å². The zero-order valence-electron chi connectivity index (χ0n) is 9.65. The van der Waals surface area contributed by atoms with E-state index in [0.717, 1.165) is 37.7 Å². The van der Waals surface area contributed by atoms with Crippen LogP contribution in [0.1, 0.15) is 38.5 Å². The molecule has 0 unspecified atom stereocenters. The molecule has 0 aromatic carbocycles. The van der Waals surface area contributed by atoms with Crippen molar-refractivity contribution in [2.45, 2.75) is 38.5 Å². The van der Waals surface area contributed by atoms with Gasteiger partial charge in [-0.3, -0.25) is 0 Å². The minimum absolute atomic E-state index is 0.0488. The van der Waals surface area contributed by atoms with Gasteiger partial charge in [0.15, 0.2) is 0 Å². The number of hydrogen-bond acceptors (Lipinski definition) is 3. The SMILES string of the molecule is N#CCCCP(CCCC#N)CCCC#N. The molecular weight excluding hydrogens is 217 g/mol. The van der Waals surface area contributed by atoms with Crippen LogP contribution in [0.2, 0.25) is 0 Å². The van der Waals surface area contributed by atoms with E-state index in [2.05, 4.69) is 18.2 Å². The molecule has 86 valence electrons. The van der Waals surface area contributed by atoms with Crippen LogP contribution >= 0.6 is 7.92 Å². The number of hydrogen-bond donors (Lipinski definition) is 0. The Hall–Kier alpha value is -1.10. The van der Waals surface area contributed by atoms with Gasteiger partial charge in [-0.1, -0.05) is 0 Å². The van der Waals surface area contributed by atoms with Crippen molar-refractivity contribution in [1.29, 1.82) is 15.8 Å². The summed E-state index contributed by atoms with van der Waals surface area (Å²) in [5, 5.41) is 25.4. The molecule has 0 aliphatic carbocycles. The van der Waals surface area contributed by atoms with Crippen molar-refractivity contribution in [3.05, 3.63) is 0 Å². The van der Waals surface area contributed by atoms with Gasteiger partial charge in [-0.2, -0.15) is 15.8 Å². The summed E-state index contributed by atoms with van der Waals surface area (Å²) in [7, 11) is -0.0488. The summed E-state index contributed by atoms with van der Waals surface area (Å²) in [6.45, 7) is 0. The maximum Gasteiger partial charge on any atom is 0.0621 e. The average molecular weight is 235 g/mol. The predicted octanol–water partition coefficient (Wildman–Crippen LogP) is 3.38. The molecule has 0 amide bonds. The van der Waals surface area contributed by atoms with E-state index in [-0.39, 0.29) is 7.92 Å². The highest BCUT2D eigenvalue weighted by atomic mass is 31.1. The molecule has 0 spiro atoms. The summed E-state index contributed by atoms with van der Waals surface area (Å²) in [5.41, 5.74) is 0. The summed E-state index contributed by atoms with van der Waals surface area (Å²) in [5.74, 6) is 0. The second-order valence-electron chi connectivity index (χ2n) is 3.63. The van der Waals surface area contributed by atoms with Gasteiger partial charge in [-0.05, 0) is 37.7 Å². The zero-order valence-corrected chi connectivity index (χ0v) is 10.5. The van der Waals surface area contributed by atoms with Crippen LogP contribution < -0.4 is 0 Å². The van der Waals surface area contributed by atoms with Crippen LogP contribution in [0.25, 0.3) is 0 Å². The fourth-order valence-electron chi connectivity index (χ4n) is 1.48. The number of unbranched alkanes of at least 4 members (excludes halogenated alkanes) is 3. The Morgan fingerprint density at radius 3 is 1.19 bits per heavy atom. The van der Waals surface area contributed by atoms with E-state index in [1.165, 1.54) is 0 Å². The van der Waals surface area contributed by atoms with Gasteiger partial charge in [0, 0.05) is 19.3 Å². The minimum atomic E-state index is -0.0488. The van der Waals surface area contributed by atoms with Crippen molar-refractivity contribution < 1.29 is 0 Å². The highest BCUT2D eigenvalue weighted by Gasteiger charge is 2.07. The van der Waals surface area contributed by atoms with E-state index in [0.29, 0.717) is 19.3 Å². The molecule has 0 bridgehead atoms. The summed E-state index contributed by atoms with van der Waals surface area (Å²) >= 11 is 0. The fourth-order valence-corrected chi connectivity index (χ4v) is 3.97. The van der Waals surface area contributed by atoms with Gasteiger partial charge < -0.3 is 0 Å². The Morgan fingerprint density at radius 1 is 0.625 bits per heavy atom. The lowest BCUT2D eigenvalue weighted by Gasteiger charge is -2.15. The summed E-state index contributed by atoms with van der Waals surface area (Å²) in [4.78, 5) is 0. The second-order valence-corrected chi connectivity index (χ2v) is 6.31. The van der Waals surface area contributed by atoms with Gasteiger partial charge in [0.2, 0.25) is 0 Å². The van der Waals surface area contributed by atoms with Crippen molar-refractivity contribution in [3.8, 4) is 18.2 Å². The lowest BCUT2D eigenvalue weighted by atomic mass is 10.4.